The molecule has 1 fully saturated rings. The molecule has 1 saturated heterocycles. The highest BCUT2D eigenvalue weighted by atomic mass is 19.1. The number of benzene rings is 1. The van der Waals surface area contributed by atoms with Gasteiger partial charge in [-0.25, -0.2) is 4.39 Å². The van der Waals surface area contributed by atoms with Crippen LogP contribution in [0.3, 0.4) is 0 Å². The van der Waals surface area contributed by atoms with Crippen molar-refractivity contribution in [1.82, 2.24) is 9.80 Å². The first-order valence-corrected chi connectivity index (χ1v) is 8.36. The molecule has 4 nitrogen and oxygen atoms in total. The zero-order valence-corrected chi connectivity index (χ0v) is 13.9. The summed E-state index contributed by atoms with van der Waals surface area (Å²) in [5.74, 6) is -0.626. The maximum Gasteiger partial charge on any atom is 0.227 e. The average molecular weight is 320 g/mol. The lowest BCUT2D eigenvalue weighted by atomic mass is 10.1. The Labute approximate surface area is 137 Å². The SMILES string of the molecule is CCCN(CCC)C(=O)C1CC(=O)N(Cc2ccccc2F)C1. The van der Waals surface area contributed by atoms with Gasteiger partial charge in [-0.1, -0.05) is 32.0 Å². The third kappa shape index (κ3) is 4.30. The molecule has 0 aliphatic carbocycles. The van der Waals surface area contributed by atoms with Crippen LogP contribution in [0.4, 0.5) is 4.39 Å². The van der Waals surface area contributed by atoms with E-state index in [0.717, 1.165) is 25.9 Å². The van der Waals surface area contributed by atoms with E-state index in [1.807, 2.05) is 18.7 Å². The molecule has 1 atom stereocenters. The van der Waals surface area contributed by atoms with E-state index in [9.17, 15) is 14.0 Å². The second-order valence-corrected chi connectivity index (χ2v) is 6.09. The molecule has 0 bridgehead atoms. The Morgan fingerprint density at radius 1 is 1.26 bits per heavy atom. The van der Waals surface area contributed by atoms with E-state index in [0.29, 0.717) is 12.1 Å². The van der Waals surface area contributed by atoms with Gasteiger partial charge in [0.05, 0.1) is 5.92 Å². The molecule has 0 N–H and O–H groups in total. The van der Waals surface area contributed by atoms with Gasteiger partial charge in [-0.2, -0.15) is 0 Å². The number of rotatable bonds is 7. The van der Waals surface area contributed by atoms with Crippen molar-refractivity contribution in [3.8, 4) is 0 Å². The second-order valence-electron chi connectivity index (χ2n) is 6.09. The van der Waals surface area contributed by atoms with E-state index < -0.39 is 0 Å². The smallest absolute Gasteiger partial charge is 0.227 e. The number of hydrogen-bond acceptors (Lipinski definition) is 2. The fourth-order valence-electron chi connectivity index (χ4n) is 3.05. The van der Waals surface area contributed by atoms with Crippen molar-refractivity contribution in [2.75, 3.05) is 19.6 Å². The molecule has 0 spiro atoms. The van der Waals surface area contributed by atoms with Crippen molar-refractivity contribution >= 4 is 11.8 Å². The second kappa shape index (κ2) is 8.09. The fourth-order valence-corrected chi connectivity index (χ4v) is 3.05. The summed E-state index contributed by atoms with van der Waals surface area (Å²) in [6.07, 6.45) is 2.05. The third-order valence-electron chi connectivity index (χ3n) is 4.18. The van der Waals surface area contributed by atoms with Gasteiger partial charge in [0.2, 0.25) is 11.8 Å². The van der Waals surface area contributed by atoms with Crippen molar-refractivity contribution < 1.29 is 14.0 Å². The summed E-state index contributed by atoms with van der Waals surface area (Å²) in [6.45, 7) is 6.16. The van der Waals surface area contributed by atoms with Gasteiger partial charge in [0.15, 0.2) is 0 Å². The lowest BCUT2D eigenvalue weighted by Crippen LogP contribution is -2.38. The molecule has 1 aliphatic heterocycles. The van der Waals surface area contributed by atoms with Gasteiger partial charge in [-0.05, 0) is 18.9 Å². The third-order valence-corrected chi connectivity index (χ3v) is 4.18. The topological polar surface area (TPSA) is 40.6 Å². The van der Waals surface area contributed by atoms with Crippen molar-refractivity contribution in [3.05, 3.63) is 35.6 Å². The summed E-state index contributed by atoms with van der Waals surface area (Å²) >= 11 is 0. The average Bonchev–Trinajstić information content (AvgIpc) is 2.90. The van der Waals surface area contributed by atoms with Crippen molar-refractivity contribution in [3.63, 3.8) is 0 Å². The van der Waals surface area contributed by atoms with E-state index in [-0.39, 0.29) is 36.5 Å². The lowest BCUT2D eigenvalue weighted by Gasteiger charge is -2.24. The van der Waals surface area contributed by atoms with Gasteiger partial charge in [-0.3, -0.25) is 9.59 Å². The Hall–Kier alpha value is -1.91. The highest BCUT2D eigenvalue weighted by molar-refractivity contribution is 5.89. The van der Waals surface area contributed by atoms with E-state index in [2.05, 4.69) is 0 Å². The molecule has 0 radical (unpaired) electrons. The molecule has 1 heterocycles. The van der Waals surface area contributed by atoms with E-state index in [1.54, 1.807) is 23.1 Å². The molecule has 126 valence electrons. The van der Waals surface area contributed by atoms with Crippen LogP contribution < -0.4 is 0 Å². The maximum atomic E-state index is 13.7. The van der Waals surface area contributed by atoms with Crippen LogP contribution in [0.2, 0.25) is 0 Å². The zero-order valence-electron chi connectivity index (χ0n) is 13.9. The largest absolute Gasteiger partial charge is 0.342 e. The van der Waals surface area contributed by atoms with Gasteiger partial charge < -0.3 is 9.80 Å². The predicted molar refractivity (Wildman–Crippen MR) is 87.1 cm³/mol. The molecule has 1 unspecified atom stereocenters. The molecule has 23 heavy (non-hydrogen) atoms. The van der Waals surface area contributed by atoms with Crippen LogP contribution in [0.25, 0.3) is 0 Å². The van der Waals surface area contributed by atoms with Crippen LogP contribution in [0, 0.1) is 11.7 Å². The molecule has 2 rings (SSSR count). The number of carbonyl (C=O) groups is 2. The quantitative estimate of drug-likeness (QED) is 0.775. The molecular formula is C18H25FN2O2. The number of amides is 2. The number of halogens is 1. The first-order valence-electron chi connectivity index (χ1n) is 8.36. The minimum absolute atomic E-state index is 0.0538. The molecule has 0 saturated carbocycles. The first-order chi connectivity index (χ1) is 11.1. The Balaban J connectivity index is 2.01. The van der Waals surface area contributed by atoms with Crippen molar-refractivity contribution in [1.29, 1.82) is 0 Å². The van der Waals surface area contributed by atoms with Crippen LogP contribution in [0.15, 0.2) is 24.3 Å². The molecule has 0 aromatic heterocycles. The van der Waals surface area contributed by atoms with Gasteiger partial charge in [0.1, 0.15) is 5.82 Å². The first kappa shape index (κ1) is 17.4. The van der Waals surface area contributed by atoms with Crippen LogP contribution in [0.5, 0.6) is 0 Å². The Kier molecular flexibility index (Phi) is 6.13. The van der Waals surface area contributed by atoms with Gasteiger partial charge in [0.25, 0.3) is 0 Å². The maximum absolute atomic E-state index is 13.7. The van der Waals surface area contributed by atoms with Crippen LogP contribution in [-0.2, 0) is 16.1 Å². The highest BCUT2D eigenvalue weighted by Gasteiger charge is 2.36. The summed E-state index contributed by atoms with van der Waals surface area (Å²) in [5, 5.41) is 0. The lowest BCUT2D eigenvalue weighted by molar-refractivity contribution is -0.136. The Morgan fingerprint density at radius 2 is 1.91 bits per heavy atom. The number of hydrogen-bond donors (Lipinski definition) is 0. The normalized spacial score (nSPS) is 17.6. The molecule has 5 heteroatoms. The minimum Gasteiger partial charge on any atom is -0.342 e. The number of carbonyl (C=O) groups excluding carboxylic acids is 2. The van der Waals surface area contributed by atoms with Crippen LogP contribution >= 0.6 is 0 Å². The molecule has 1 aromatic rings. The summed E-state index contributed by atoms with van der Waals surface area (Å²) in [7, 11) is 0. The molecule has 1 aliphatic rings. The minimum atomic E-state index is -0.311. The van der Waals surface area contributed by atoms with Gasteiger partial charge in [0, 0.05) is 38.2 Å². The van der Waals surface area contributed by atoms with Crippen LogP contribution in [-0.4, -0.2) is 41.2 Å². The Morgan fingerprint density at radius 3 is 2.52 bits per heavy atom. The number of likely N-dealkylation sites (tertiary alicyclic amines) is 1. The summed E-state index contributed by atoms with van der Waals surface area (Å²) in [6, 6.07) is 6.46. The summed E-state index contributed by atoms with van der Waals surface area (Å²) in [4.78, 5) is 28.2. The van der Waals surface area contributed by atoms with Crippen LogP contribution in [0.1, 0.15) is 38.7 Å². The van der Waals surface area contributed by atoms with E-state index in [4.69, 9.17) is 0 Å². The van der Waals surface area contributed by atoms with E-state index in [1.165, 1.54) is 6.07 Å². The standard InChI is InChI=1S/C18H25FN2O2/c1-3-9-20(10-4-2)18(23)15-11-17(22)21(13-15)12-14-7-5-6-8-16(14)19/h5-8,15H,3-4,9-13H2,1-2H3. The fraction of sp³-hybridized carbons (Fsp3) is 0.556. The number of nitrogens with zero attached hydrogens (tertiary/aromatic N) is 2. The Bertz CT molecular complexity index is 556. The van der Waals surface area contributed by atoms with Crippen molar-refractivity contribution in [2.45, 2.75) is 39.7 Å². The summed E-state index contributed by atoms with van der Waals surface area (Å²) < 4.78 is 13.7. The zero-order chi connectivity index (χ0) is 16.8. The van der Waals surface area contributed by atoms with Gasteiger partial charge in [-0.15, -0.1) is 0 Å². The molecule has 2 amide bonds. The van der Waals surface area contributed by atoms with Gasteiger partial charge >= 0.3 is 0 Å². The van der Waals surface area contributed by atoms with E-state index >= 15 is 0 Å². The highest BCUT2D eigenvalue weighted by Crippen LogP contribution is 2.23. The molecular weight excluding hydrogens is 295 g/mol. The monoisotopic (exact) mass is 320 g/mol. The molecule has 1 aromatic carbocycles. The van der Waals surface area contributed by atoms with Crippen molar-refractivity contribution in [2.24, 2.45) is 5.92 Å². The summed E-state index contributed by atoms with van der Waals surface area (Å²) in [5.41, 5.74) is 0.493. The predicted octanol–water partition coefficient (Wildman–Crippen LogP) is 2.82.